The van der Waals surface area contributed by atoms with Crippen LogP contribution >= 0.6 is 0 Å². The zero-order chi connectivity index (χ0) is 15.4. The van der Waals surface area contributed by atoms with Crippen LogP contribution in [0, 0.1) is 0 Å². The molecular formula is C14H33NO3S. The van der Waals surface area contributed by atoms with Crippen LogP contribution in [0.25, 0.3) is 0 Å². The summed E-state index contributed by atoms with van der Waals surface area (Å²) in [5.41, 5.74) is 0. The minimum Gasteiger partial charge on any atom is -0.748 e. The quantitative estimate of drug-likeness (QED) is 0.485. The Labute approximate surface area is 120 Å². The third kappa shape index (κ3) is 20.4. The van der Waals surface area contributed by atoms with Gasteiger partial charge in [0.1, 0.15) is 0 Å². The average Bonchev–Trinajstić information content (AvgIpc) is 2.30. The summed E-state index contributed by atoms with van der Waals surface area (Å²) >= 11 is 0. The highest BCUT2D eigenvalue weighted by Gasteiger charge is 2.18. The third-order valence-electron chi connectivity index (χ3n) is 3.15. The smallest absolute Gasteiger partial charge is 0.0916 e. The van der Waals surface area contributed by atoms with Gasteiger partial charge in [0.05, 0.1) is 36.8 Å². The van der Waals surface area contributed by atoms with Crippen LogP contribution in [-0.2, 0) is 10.1 Å². The van der Waals surface area contributed by atoms with Crippen molar-refractivity contribution in [2.45, 2.75) is 59.3 Å². The Balaban J connectivity index is 0. The summed E-state index contributed by atoms with van der Waals surface area (Å²) in [5, 5.41) is 0. The van der Waals surface area contributed by atoms with E-state index in [0.29, 0.717) is 6.26 Å². The van der Waals surface area contributed by atoms with Crippen molar-refractivity contribution in [2.75, 3.05) is 32.9 Å². The summed E-state index contributed by atoms with van der Waals surface area (Å²) in [4.78, 5) is 0. The van der Waals surface area contributed by atoms with Gasteiger partial charge in [0.2, 0.25) is 0 Å². The molecule has 0 heterocycles. The summed E-state index contributed by atoms with van der Waals surface area (Å²) in [5.74, 6) is 0. The molecule has 19 heavy (non-hydrogen) atoms. The number of hydrogen-bond acceptors (Lipinski definition) is 3. The van der Waals surface area contributed by atoms with Gasteiger partial charge in [0, 0.05) is 6.26 Å². The first-order chi connectivity index (χ1) is 8.68. The van der Waals surface area contributed by atoms with E-state index in [4.69, 9.17) is 13.0 Å². The van der Waals surface area contributed by atoms with E-state index in [9.17, 15) is 0 Å². The van der Waals surface area contributed by atoms with Gasteiger partial charge in [-0.25, -0.2) is 8.42 Å². The van der Waals surface area contributed by atoms with E-state index in [1.165, 1.54) is 62.6 Å². The number of rotatable bonds is 9. The molecule has 0 atom stereocenters. The van der Waals surface area contributed by atoms with Gasteiger partial charge >= 0.3 is 0 Å². The molecule has 5 heteroatoms. The van der Waals surface area contributed by atoms with E-state index in [-0.39, 0.29) is 0 Å². The molecule has 0 bridgehead atoms. The molecule has 0 N–H and O–H groups in total. The van der Waals surface area contributed by atoms with Gasteiger partial charge in [-0.3, -0.25) is 0 Å². The highest BCUT2D eigenvalue weighted by molar-refractivity contribution is 7.84. The molecule has 0 aliphatic rings. The molecule has 0 amide bonds. The van der Waals surface area contributed by atoms with Crippen molar-refractivity contribution in [1.82, 2.24) is 0 Å². The number of hydrogen-bond donors (Lipinski definition) is 0. The predicted octanol–water partition coefficient (Wildman–Crippen LogP) is 2.99. The average molecular weight is 295 g/mol. The minimum absolute atomic E-state index is 0.604. The maximum Gasteiger partial charge on any atom is 0.0916 e. The monoisotopic (exact) mass is 295 g/mol. The maximum atomic E-state index is 9.08. The van der Waals surface area contributed by atoms with Crippen LogP contribution in [0.2, 0.25) is 0 Å². The highest BCUT2D eigenvalue weighted by atomic mass is 32.2. The van der Waals surface area contributed by atoms with Gasteiger partial charge in [-0.2, -0.15) is 0 Å². The summed E-state index contributed by atoms with van der Waals surface area (Å²) in [6.07, 6.45) is 8.80. The molecule has 0 aliphatic carbocycles. The van der Waals surface area contributed by atoms with E-state index in [0.717, 1.165) is 0 Å². The Morgan fingerprint density at radius 1 is 0.842 bits per heavy atom. The summed E-state index contributed by atoms with van der Waals surface area (Å²) in [7, 11) is -1.47. The van der Waals surface area contributed by atoms with Crippen LogP contribution in [-0.4, -0.2) is 50.4 Å². The van der Waals surface area contributed by atoms with Crippen LogP contribution in [0.5, 0.6) is 0 Å². The van der Waals surface area contributed by atoms with Crippen LogP contribution < -0.4 is 0 Å². The largest absolute Gasteiger partial charge is 0.748 e. The normalized spacial score (nSPS) is 11.9. The topological polar surface area (TPSA) is 57.2 Å². The van der Waals surface area contributed by atoms with E-state index >= 15 is 0 Å². The maximum absolute atomic E-state index is 9.08. The molecule has 0 aromatic heterocycles. The Bertz CT molecular complexity index is 259. The van der Waals surface area contributed by atoms with Gasteiger partial charge in [-0.1, -0.05) is 40.0 Å². The van der Waals surface area contributed by atoms with Crippen molar-refractivity contribution in [3.05, 3.63) is 0 Å². The van der Waals surface area contributed by atoms with Gasteiger partial charge in [-0.05, 0) is 19.3 Å². The number of unbranched alkanes of at least 4 members (excludes halogenated alkanes) is 3. The second-order valence-electron chi connectivity index (χ2n) is 5.56. The molecule has 0 radical (unpaired) electrons. The van der Waals surface area contributed by atoms with Gasteiger partial charge in [0.25, 0.3) is 0 Å². The van der Waals surface area contributed by atoms with Crippen molar-refractivity contribution in [3.63, 3.8) is 0 Å². The molecule has 0 fully saturated rings. The first kappa shape index (κ1) is 21.2. The Hall–Kier alpha value is -0.130. The Morgan fingerprint density at radius 3 is 1.21 bits per heavy atom. The van der Waals surface area contributed by atoms with E-state index < -0.39 is 10.1 Å². The predicted molar refractivity (Wildman–Crippen MR) is 81.1 cm³/mol. The molecule has 118 valence electrons. The van der Waals surface area contributed by atoms with Crippen molar-refractivity contribution < 1.29 is 17.5 Å². The molecule has 0 aromatic carbocycles. The zero-order valence-electron chi connectivity index (χ0n) is 13.4. The van der Waals surface area contributed by atoms with E-state index in [1.54, 1.807) is 0 Å². The van der Waals surface area contributed by atoms with Crippen LogP contribution in [0.1, 0.15) is 59.3 Å². The minimum atomic E-state index is -3.92. The molecular weight excluding hydrogens is 262 g/mol. The van der Waals surface area contributed by atoms with Crippen molar-refractivity contribution in [2.24, 2.45) is 0 Å². The molecule has 0 aromatic rings. The molecule has 0 unspecified atom stereocenters. The molecule has 0 saturated carbocycles. The molecule has 0 spiro atoms. The number of nitrogens with zero attached hydrogens (tertiary/aromatic N) is 1. The fourth-order valence-corrected chi connectivity index (χ4v) is 1.95. The van der Waals surface area contributed by atoms with Crippen molar-refractivity contribution in [1.29, 1.82) is 0 Å². The van der Waals surface area contributed by atoms with Crippen LogP contribution in [0.4, 0.5) is 0 Å². The fraction of sp³-hybridized carbons (Fsp3) is 1.00. The van der Waals surface area contributed by atoms with Gasteiger partial charge in [-0.15, -0.1) is 0 Å². The SMILES string of the molecule is CCCC[N+](C)(CCCC)CCCC.CS(=O)(=O)[O-]. The van der Waals surface area contributed by atoms with Crippen molar-refractivity contribution >= 4 is 10.1 Å². The molecule has 0 rings (SSSR count). The highest BCUT2D eigenvalue weighted by Crippen LogP contribution is 2.10. The molecule has 0 aliphatic heterocycles. The molecule has 0 saturated heterocycles. The summed E-state index contributed by atoms with van der Waals surface area (Å²) in [6.45, 7) is 11.0. The second-order valence-corrected chi connectivity index (χ2v) is 6.96. The lowest BCUT2D eigenvalue weighted by atomic mass is 10.2. The lowest BCUT2D eigenvalue weighted by Crippen LogP contribution is -2.46. The third-order valence-corrected chi connectivity index (χ3v) is 3.15. The zero-order valence-corrected chi connectivity index (χ0v) is 14.3. The fourth-order valence-electron chi connectivity index (χ4n) is 1.95. The van der Waals surface area contributed by atoms with Gasteiger partial charge in [0.15, 0.2) is 0 Å². The summed E-state index contributed by atoms with van der Waals surface area (Å²) < 4.78 is 28.5. The Kier molecular flexibility index (Phi) is 13.0. The van der Waals surface area contributed by atoms with E-state index in [1.807, 2.05) is 0 Å². The van der Waals surface area contributed by atoms with Gasteiger partial charge < -0.3 is 9.04 Å². The van der Waals surface area contributed by atoms with Crippen LogP contribution in [0.3, 0.4) is 0 Å². The first-order valence-corrected chi connectivity index (χ1v) is 9.24. The first-order valence-electron chi connectivity index (χ1n) is 7.43. The summed E-state index contributed by atoms with van der Waals surface area (Å²) in [6, 6.07) is 0. The lowest BCUT2D eigenvalue weighted by molar-refractivity contribution is -0.910. The molecule has 4 nitrogen and oxygen atoms in total. The lowest BCUT2D eigenvalue weighted by Gasteiger charge is -2.34. The number of quaternary nitrogens is 1. The van der Waals surface area contributed by atoms with Crippen molar-refractivity contribution in [3.8, 4) is 0 Å². The standard InChI is InChI=1S/C13H30N.CH4O3S/c1-5-8-11-14(4,12-9-6-2)13-10-7-3;1-5(2,3)4/h5-13H2,1-4H3;1H3,(H,2,3,4)/q+1;/p-1. The van der Waals surface area contributed by atoms with Crippen LogP contribution in [0.15, 0.2) is 0 Å². The Morgan fingerprint density at radius 2 is 1.05 bits per heavy atom. The van der Waals surface area contributed by atoms with E-state index in [2.05, 4.69) is 27.8 Å². The second kappa shape index (κ2) is 11.7.